The largest absolute Gasteiger partial charge is 0.382 e. The topological polar surface area (TPSA) is 149 Å². The van der Waals surface area contributed by atoms with E-state index in [2.05, 4.69) is 44.8 Å². The van der Waals surface area contributed by atoms with E-state index in [1.54, 1.807) is 16.9 Å². The van der Waals surface area contributed by atoms with Crippen LogP contribution in [-0.2, 0) is 22.7 Å². The summed E-state index contributed by atoms with van der Waals surface area (Å²) in [5.41, 5.74) is 9.53. The van der Waals surface area contributed by atoms with Crippen LogP contribution in [0.1, 0.15) is 49.9 Å². The highest BCUT2D eigenvalue weighted by molar-refractivity contribution is 7.90. The first kappa shape index (κ1) is 26.7. The van der Waals surface area contributed by atoms with Crippen LogP contribution < -0.4 is 16.4 Å². The molecule has 212 valence electrons. The third-order valence-electron chi connectivity index (χ3n) is 8.00. The number of aryl methyl sites for hydroxylation is 1. The highest BCUT2D eigenvalue weighted by atomic mass is 32.2. The van der Waals surface area contributed by atoms with Crippen LogP contribution >= 0.6 is 0 Å². The molecule has 2 aliphatic carbocycles. The number of allylic oxidation sites excluding steroid dienone is 1. The van der Waals surface area contributed by atoms with Crippen LogP contribution in [0.4, 0.5) is 0 Å². The molecule has 0 saturated heterocycles. The second-order valence-electron chi connectivity index (χ2n) is 11.2. The zero-order chi connectivity index (χ0) is 28.1. The van der Waals surface area contributed by atoms with Crippen molar-refractivity contribution in [2.24, 2.45) is 12.8 Å². The molecule has 13 heteroatoms. The molecule has 1 atom stereocenters. The summed E-state index contributed by atoms with van der Waals surface area (Å²) in [5, 5.41) is 15.4. The van der Waals surface area contributed by atoms with Crippen molar-refractivity contribution < 1.29 is 8.42 Å². The van der Waals surface area contributed by atoms with Gasteiger partial charge in [-0.2, -0.15) is 14.3 Å². The molecule has 3 aliphatic rings. The van der Waals surface area contributed by atoms with E-state index in [9.17, 15) is 8.42 Å². The molecule has 0 aromatic carbocycles. The average molecular weight is 565 g/mol. The van der Waals surface area contributed by atoms with Gasteiger partial charge in [-0.15, -0.1) is 0 Å². The fourth-order valence-corrected chi connectivity index (χ4v) is 6.89. The number of hydrogen-bond acceptors (Lipinski definition) is 10. The lowest BCUT2D eigenvalue weighted by Crippen LogP contribution is -2.50. The number of aromatic nitrogens is 6. The molecule has 1 unspecified atom stereocenters. The van der Waals surface area contributed by atoms with Crippen LogP contribution in [0.2, 0.25) is 0 Å². The van der Waals surface area contributed by atoms with E-state index in [4.69, 9.17) is 10.7 Å². The van der Waals surface area contributed by atoms with Crippen molar-refractivity contribution in [1.29, 1.82) is 0 Å². The molecule has 2 saturated carbocycles. The van der Waals surface area contributed by atoms with Gasteiger partial charge in [0.2, 0.25) is 0 Å². The molecule has 3 aromatic heterocycles. The molecule has 0 amide bonds. The van der Waals surface area contributed by atoms with Gasteiger partial charge < -0.3 is 21.3 Å². The van der Waals surface area contributed by atoms with Crippen LogP contribution in [0.25, 0.3) is 17.0 Å². The van der Waals surface area contributed by atoms with Crippen LogP contribution in [-0.4, -0.2) is 73.7 Å². The number of rotatable bonds is 8. The summed E-state index contributed by atoms with van der Waals surface area (Å²) in [6, 6.07) is 4.66. The average Bonchev–Trinajstić information content (AvgIpc) is 3.53. The quantitative estimate of drug-likeness (QED) is 0.368. The Bertz CT molecular complexity index is 1560. The van der Waals surface area contributed by atoms with E-state index in [-0.39, 0.29) is 5.25 Å². The Morgan fingerprint density at radius 2 is 1.93 bits per heavy atom. The summed E-state index contributed by atoms with van der Waals surface area (Å²) in [4.78, 5) is 11.4. The lowest BCUT2D eigenvalue weighted by molar-refractivity contribution is 0.209. The lowest BCUT2D eigenvalue weighted by Gasteiger charge is -2.36. The number of nitrogens with one attached hydrogen (secondary N) is 2. The van der Waals surface area contributed by atoms with Gasteiger partial charge in [0.25, 0.3) is 10.0 Å². The SMILES string of the molecule is CN(C)C1CCC(NC2=CC(N)(c3ccnc(-c4cnn(S(=O)(=O)C5CC5)c4)n3)NC=C2c2ccn(C)n2)CC1. The third kappa shape index (κ3) is 5.16. The summed E-state index contributed by atoms with van der Waals surface area (Å²) in [6.45, 7) is 0. The zero-order valence-electron chi connectivity index (χ0n) is 23.0. The van der Waals surface area contributed by atoms with Gasteiger partial charge >= 0.3 is 0 Å². The van der Waals surface area contributed by atoms with Gasteiger partial charge in [0, 0.05) is 49.0 Å². The maximum Gasteiger partial charge on any atom is 0.256 e. The molecule has 0 spiro atoms. The lowest BCUT2D eigenvalue weighted by atomic mass is 9.89. The number of nitrogens with zero attached hydrogens (tertiary/aromatic N) is 7. The monoisotopic (exact) mass is 564 g/mol. The van der Waals surface area contributed by atoms with E-state index in [0.29, 0.717) is 42.0 Å². The Morgan fingerprint density at radius 1 is 1.15 bits per heavy atom. The smallest absolute Gasteiger partial charge is 0.256 e. The molecule has 4 N–H and O–H groups in total. The first-order valence-electron chi connectivity index (χ1n) is 13.7. The van der Waals surface area contributed by atoms with Crippen molar-refractivity contribution in [3.63, 3.8) is 0 Å². The first-order valence-corrected chi connectivity index (χ1v) is 15.2. The zero-order valence-corrected chi connectivity index (χ0v) is 23.8. The van der Waals surface area contributed by atoms with Gasteiger partial charge in [-0.05, 0) is 70.8 Å². The van der Waals surface area contributed by atoms with E-state index in [1.165, 1.54) is 12.4 Å². The Labute approximate surface area is 234 Å². The van der Waals surface area contributed by atoms with E-state index in [1.807, 2.05) is 31.6 Å². The number of nitrogens with two attached hydrogens (primary N) is 1. The summed E-state index contributed by atoms with van der Waals surface area (Å²) >= 11 is 0. The second kappa shape index (κ2) is 10.1. The van der Waals surface area contributed by atoms with Gasteiger partial charge in [-0.1, -0.05) is 0 Å². The molecule has 40 heavy (non-hydrogen) atoms. The molecule has 1 aliphatic heterocycles. The van der Waals surface area contributed by atoms with Gasteiger partial charge in [-0.25, -0.2) is 18.4 Å². The number of hydrogen-bond donors (Lipinski definition) is 3. The summed E-state index contributed by atoms with van der Waals surface area (Å²) in [6.07, 6.45) is 16.1. The molecule has 6 rings (SSSR count). The predicted octanol–water partition coefficient (Wildman–Crippen LogP) is 1.52. The van der Waals surface area contributed by atoms with Crippen LogP contribution in [0.5, 0.6) is 0 Å². The molecular formula is C27H36N10O2S. The minimum atomic E-state index is -3.48. The van der Waals surface area contributed by atoms with Gasteiger partial charge in [0.05, 0.1) is 34.6 Å². The van der Waals surface area contributed by atoms with Crippen molar-refractivity contribution in [2.45, 2.75) is 61.5 Å². The molecule has 0 radical (unpaired) electrons. The predicted molar refractivity (Wildman–Crippen MR) is 152 cm³/mol. The Kier molecular flexibility index (Phi) is 6.75. The Hall–Kier alpha value is -3.55. The van der Waals surface area contributed by atoms with Gasteiger partial charge in [0.1, 0.15) is 0 Å². The van der Waals surface area contributed by atoms with Crippen LogP contribution in [0, 0.1) is 0 Å². The number of dihydropyridines is 1. The molecular weight excluding hydrogens is 528 g/mol. The first-order chi connectivity index (χ1) is 19.1. The molecule has 12 nitrogen and oxygen atoms in total. The molecule has 4 heterocycles. The highest BCUT2D eigenvalue weighted by Crippen LogP contribution is 2.32. The van der Waals surface area contributed by atoms with E-state index < -0.39 is 15.7 Å². The summed E-state index contributed by atoms with van der Waals surface area (Å²) in [5.74, 6) is 0.353. The highest BCUT2D eigenvalue weighted by Gasteiger charge is 2.38. The van der Waals surface area contributed by atoms with E-state index >= 15 is 0 Å². The summed E-state index contributed by atoms with van der Waals surface area (Å²) < 4.78 is 28.0. The van der Waals surface area contributed by atoms with Gasteiger partial charge in [-0.3, -0.25) is 4.68 Å². The van der Waals surface area contributed by atoms with Crippen molar-refractivity contribution in [2.75, 3.05) is 14.1 Å². The molecule has 3 aromatic rings. The van der Waals surface area contributed by atoms with Crippen molar-refractivity contribution in [3.05, 3.63) is 66.3 Å². The van der Waals surface area contributed by atoms with Crippen molar-refractivity contribution in [1.82, 2.24) is 44.5 Å². The maximum atomic E-state index is 12.6. The third-order valence-corrected chi connectivity index (χ3v) is 10.0. The van der Waals surface area contributed by atoms with Gasteiger partial charge in [0.15, 0.2) is 11.5 Å². The van der Waals surface area contributed by atoms with E-state index in [0.717, 1.165) is 46.7 Å². The summed E-state index contributed by atoms with van der Waals surface area (Å²) in [7, 11) is 2.71. The Morgan fingerprint density at radius 3 is 2.60 bits per heavy atom. The maximum absolute atomic E-state index is 12.6. The molecule has 0 bridgehead atoms. The second-order valence-corrected chi connectivity index (χ2v) is 13.3. The van der Waals surface area contributed by atoms with Crippen molar-refractivity contribution >= 4 is 15.6 Å². The molecule has 2 fully saturated rings. The Balaban J connectivity index is 1.29. The minimum absolute atomic E-state index is 0.317. The van der Waals surface area contributed by atoms with Crippen LogP contribution in [0.15, 0.2) is 54.9 Å². The minimum Gasteiger partial charge on any atom is -0.382 e. The standard InChI is InChI=1S/C27H36N10O2S/c1-35(2)20-6-4-19(5-7-20)32-24-14-27(28,30-16-22(24)23-11-13-36(3)34-23)25-10-12-29-26(33-25)18-15-31-37(17-18)40(38,39)21-8-9-21/h10-17,19-21,30,32H,4-9,28H2,1-3H3. The normalized spacial score (nSPS) is 25.3. The van der Waals surface area contributed by atoms with Crippen LogP contribution in [0.3, 0.4) is 0 Å². The fourth-order valence-electron chi connectivity index (χ4n) is 5.42. The fraction of sp³-hybridized carbons (Fsp3) is 0.481. The van der Waals surface area contributed by atoms with Crippen molar-refractivity contribution in [3.8, 4) is 11.4 Å².